The number of carboxylic acid groups (broad SMARTS) is 1. The number of carbonyl (C=O) groups is 1. The minimum absolute atomic E-state index is 0.332. The molecule has 1 N–H and O–H groups in total. The van der Waals surface area contributed by atoms with Gasteiger partial charge >= 0.3 is 5.97 Å². The van der Waals surface area contributed by atoms with Crippen molar-refractivity contribution < 1.29 is 19.4 Å². The molecule has 0 amide bonds. The largest absolute Gasteiger partial charge is 0.487 e. The molecular weight excluding hydrogens is 336 g/mol. The van der Waals surface area contributed by atoms with E-state index in [4.69, 9.17) is 14.6 Å². The predicted molar refractivity (Wildman–Crippen MR) is 90.3 cm³/mol. The third-order valence-corrected chi connectivity index (χ3v) is 4.13. The molecule has 1 atom stereocenters. The van der Waals surface area contributed by atoms with Gasteiger partial charge < -0.3 is 14.6 Å². The first-order valence-corrected chi connectivity index (χ1v) is 8.14. The van der Waals surface area contributed by atoms with Crippen molar-refractivity contribution in [2.75, 3.05) is 0 Å². The first kappa shape index (κ1) is 16.1. The summed E-state index contributed by atoms with van der Waals surface area (Å²) in [6.07, 6.45) is 5.03. The molecule has 1 aliphatic rings. The van der Waals surface area contributed by atoms with Gasteiger partial charge in [0, 0.05) is 0 Å². The topological polar surface area (TPSA) is 99.4 Å². The third kappa shape index (κ3) is 3.34. The van der Waals surface area contributed by atoms with Crippen molar-refractivity contribution in [1.82, 2.24) is 19.7 Å². The predicted octanol–water partition coefficient (Wildman–Crippen LogP) is 2.02. The van der Waals surface area contributed by atoms with E-state index in [0.717, 1.165) is 11.1 Å². The van der Waals surface area contributed by atoms with E-state index in [1.54, 1.807) is 29.3 Å². The summed E-state index contributed by atoms with van der Waals surface area (Å²) < 4.78 is 12.9. The van der Waals surface area contributed by atoms with Gasteiger partial charge in [-0.05, 0) is 42.2 Å². The van der Waals surface area contributed by atoms with Crippen LogP contribution in [-0.2, 0) is 17.8 Å². The van der Waals surface area contributed by atoms with Gasteiger partial charge in [0.2, 0.25) is 0 Å². The lowest BCUT2D eigenvalue weighted by atomic mass is 10.0. The highest BCUT2D eigenvalue weighted by atomic mass is 16.5. The van der Waals surface area contributed by atoms with Crippen molar-refractivity contribution in [2.45, 2.75) is 25.6 Å². The van der Waals surface area contributed by atoms with Crippen molar-refractivity contribution in [3.63, 3.8) is 0 Å². The third-order valence-electron chi connectivity index (χ3n) is 4.13. The van der Waals surface area contributed by atoms with Crippen LogP contribution < -0.4 is 9.47 Å². The zero-order valence-corrected chi connectivity index (χ0v) is 13.8. The van der Waals surface area contributed by atoms with Gasteiger partial charge in [-0.25, -0.2) is 19.4 Å². The number of aliphatic carboxylic acids is 1. The second-order valence-electron chi connectivity index (χ2n) is 5.91. The average molecular weight is 352 g/mol. The number of ether oxygens (including phenoxy) is 2. The molecule has 8 nitrogen and oxygen atoms in total. The number of hydrogen-bond acceptors (Lipinski definition) is 6. The van der Waals surface area contributed by atoms with E-state index in [1.165, 1.54) is 6.33 Å². The molecule has 1 unspecified atom stereocenters. The van der Waals surface area contributed by atoms with Crippen molar-refractivity contribution in [1.29, 1.82) is 0 Å². The number of rotatable bonds is 5. The smallest absolute Gasteiger partial charge is 0.344 e. The maximum Gasteiger partial charge on any atom is 0.344 e. The van der Waals surface area contributed by atoms with E-state index < -0.39 is 12.1 Å². The van der Waals surface area contributed by atoms with Crippen molar-refractivity contribution in [3.05, 3.63) is 60.3 Å². The first-order valence-electron chi connectivity index (χ1n) is 8.14. The summed E-state index contributed by atoms with van der Waals surface area (Å²) in [5, 5.41) is 13.1. The number of fused-ring (bicyclic) bond motifs is 1. The monoisotopic (exact) mass is 352 g/mol. The number of benzene rings is 1. The van der Waals surface area contributed by atoms with E-state index in [1.807, 2.05) is 18.2 Å². The van der Waals surface area contributed by atoms with Crippen molar-refractivity contribution >= 4 is 5.97 Å². The van der Waals surface area contributed by atoms with Crippen molar-refractivity contribution in [2.24, 2.45) is 0 Å². The van der Waals surface area contributed by atoms with E-state index in [2.05, 4.69) is 15.1 Å². The molecule has 0 saturated carbocycles. The number of hydrogen-bond donors (Lipinski definition) is 1. The molecular formula is C18H16N4O4. The number of aryl methyl sites for hydroxylation is 1. The highest BCUT2D eigenvalue weighted by Gasteiger charge is 2.25. The molecule has 4 rings (SSSR count). The van der Waals surface area contributed by atoms with E-state index in [-0.39, 0.29) is 0 Å². The van der Waals surface area contributed by atoms with Gasteiger partial charge in [-0.15, -0.1) is 0 Å². The summed E-state index contributed by atoms with van der Waals surface area (Å²) in [5.74, 6) is 0.952. The van der Waals surface area contributed by atoms with Crippen LogP contribution in [0.4, 0.5) is 0 Å². The van der Waals surface area contributed by atoms with Crippen LogP contribution in [0.15, 0.2) is 49.2 Å². The Hall–Kier alpha value is -3.42. The van der Waals surface area contributed by atoms with Crippen LogP contribution in [0.1, 0.15) is 17.5 Å². The molecule has 0 saturated heterocycles. The number of nitrogens with zero attached hydrogens (tertiary/aromatic N) is 4. The molecule has 132 valence electrons. The molecule has 0 radical (unpaired) electrons. The van der Waals surface area contributed by atoms with Gasteiger partial charge in [-0.2, -0.15) is 5.10 Å². The SMILES string of the molecule is O=C(O)C1CCc2ccc(COc3ccc(-n4cncn4)nc3)cc2O1. The van der Waals surface area contributed by atoms with Crippen LogP contribution in [0.5, 0.6) is 11.5 Å². The van der Waals surface area contributed by atoms with Gasteiger partial charge in [-0.1, -0.05) is 12.1 Å². The maximum atomic E-state index is 11.1. The minimum atomic E-state index is -0.934. The molecule has 0 aliphatic carbocycles. The van der Waals surface area contributed by atoms with Crippen molar-refractivity contribution in [3.8, 4) is 17.3 Å². The molecule has 1 aliphatic heterocycles. The second-order valence-corrected chi connectivity index (χ2v) is 5.91. The zero-order chi connectivity index (χ0) is 17.9. The maximum absolute atomic E-state index is 11.1. The fourth-order valence-corrected chi connectivity index (χ4v) is 2.76. The molecule has 26 heavy (non-hydrogen) atoms. The van der Waals surface area contributed by atoms with Crippen LogP contribution in [0.25, 0.3) is 5.82 Å². The summed E-state index contributed by atoms with van der Waals surface area (Å²) in [6, 6.07) is 9.34. The Balaban J connectivity index is 1.42. The fraction of sp³-hybridized carbons (Fsp3) is 0.222. The van der Waals surface area contributed by atoms with Crippen LogP contribution >= 0.6 is 0 Å². The lowest BCUT2D eigenvalue weighted by Gasteiger charge is -2.23. The minimum Gasteiger partial charge on any atom is -0.487 e. The van der Waals surface area contributed by atoms with Gasteiger partial charge in [-0.3, -0.25) is 0 Å². The Morgan fingerprint density at radius 2 is 2.27 bits per heavy atom. The molecule has 3 heterocycles. The van der Waals surface area contributed by atoms with Crippen LogP contribution in [0.3, 0.4) is 0 Å². The lowest BCUT2D eigenvalue weighted by Crippen LogP contribution is -2.30. The van der Waals surface area contributed by atoms with E-state index >= 15 is 0 Å². The van der Waals surface area contributed by atoms with Gasteiger partial charge in [0.25, 0.3) is 0 Å². The summed E-state index contributed by atoms with van der Waals surface area (Å²) in [7, 11) is 0. The number of carboxylic acids is 1. The van der Waals surface area contributed by atoms with E-state index in [0.29, 0.717) is 36.8 Å². The first-order chi connectivity index (χ1) is 12.7. The molecule has 8 heteroatoms. The summed E-state index contributed by atoms with van der Waals surface area (Å²) in [6.45, 7) is 0.332. The molecule has 1 aromatic carbocycles. The molecule has 0 spiro atoms. The lowest BCUT2D eigenvalue weighted by molar-refractivity contribution is -0.145. The quantitative estimate of drug-likeness (QED) is 0.750. The summed E-state index contributed by atoms with van der Waals surface area (Å²) >= 11 is 0. The number of aromatic nitrogens is 4. The fourth-order valence-electron chi connectivity index (χ4n) is 2.76. The Labute approximate surface area is 149 Å². The van der Waals surface area contributed by atoms with Crippen LogP contribution in [0.2, 0.25) is 0 Å². The molecule has 0 bridgehead atoms. The van der Waals surface area contributed by atoms with Crippen LogP contribution in [-0.4, -0.2) is 36.9 Å². The summed E-state index contributed by atoms with van der Waals surface area (Å²) in [4.78, 5) is 19.3. The van der Waals surface area contributed by atoms with Gasteiger partial charge in [0.15, 0.2) is 11.9 Å². The molecule has 0 fully saturated rings. The highest BCUT2D eigenvalue weighted by Crippen LogP contribution is 2.29. The standard InChI is InChI=1S/C18H16N4O4/c23-18(24)15-5-3-13-2-1-12(7-16(13)26-15)9-25-14-4-6-17(20-8-14)22-11-19-10-21-22/h1-2,4,6-8,10-11,15H,3,5,9H2,(H,23,24). The Morgan fingerprint density at radius 3 is 3.00 bits per heavy atom. The Kier molecular flexibility index (Phi) is 4.22. The van der Waals surface area contributed by atoms with Crippen LogP contribution in [0, 0.1) is 0 Å². The normalized spacial score (nSPS) is 15.8. The van der Waals surface area contributed by atoms with Gasteiger partial charge in [0.1, 0.15) is 30.8 Å². The second kappa shape index (κ2) is 6.83. The van der Waals surface area contributed by atoms with Gasteiger partial charge in [0.05, 0.1) is 6.20 Å². The number of pyridine rings is 1. The average Bonchev–Trinajstić information content (AvgIpc) is 3.21. The molecule has 2 aromatic heterocycles. The summed E-state index contributed by atoms with van der Waals surface area (Å²) in [5.41, 5.74) is 1.92. The molecule has 3 aromatic rings. The Bertz CT molecular complexity index is 909. The Morgan fingerprint density at radius 1 is 1.35 bits per heavy atom. The highest BCUT2D eigenvalue weighted by molar-refractivity contribution is 5.73. The zero-order valence-electron chi connectivity index (χ0n) is 13.8. The van der Waals surface area contributed by atoms with E-state index in [9.17, 15) is 4.79 Å².